The number of benzene rings is 4. The second-order valence-corrected chi connectivity index (χ2v) is 13.2. The monoisotopic (exact) mass is 655 g/mol. The second-order valence-electron chi connectivity index (χ2n) is 11.6. The van der Waals surface area contributed by atoms with Crippen molar-refractivity contribution in [1.29, 1.82) is 0 Å². The van der Waals surface area contributed by atoms with Gasteiger partial charge in [-0.25, -0.2) is 14.2 Å². The van der Waals surface area contributed by atoms with Gasteiger partial charge in [0.2, 0.25) is 5.91 Å². The number of fused-ring (bicyclic) bond motifs is 1. The molecule has 0 saturated carbocycles. The number of thioether (sulfide) groups is 1. The minimum absolute atomic E-state index is 0.0849. The Kier molecular flexibility index (Phi) is 8.44. The van der Waals surface area contributed by atoms with Crippen molar-refractivity contribution in [3.05, 3.63) is 101 Å². The van der Waals surface area contributed by atoms with Crippen LogP contribution in [-0.4, -0.2) is 44.6 Å². The number of carbonyl (C=O) groups is 2. The number of ether oxygens (including phenoxy) is 1. The van der Waals surface area contributed by atoms with E-state index in [0.29, 0.717) is 40.6 Å². The highest BCUT2D eigenvalue weighted by Gasteiger charge is 2.27. The summed E-state index contributed by atoms with van der Waals surface area (Å²) in [4.78, 5) is 31.0. The standard InChI is InChI=1S/C36H31ClFN3O4S/c37-24-8-6-22(7-9-24)28-12-10-26(40-16-2-5-33(40)42)19-23(28)21-45-27-11-13-29(31(38)20-27)35-39-34-30(36(43)44)3-1-4-32(34)41(35)25-14-17-46-18-15-25/h1,3-4,6-13,19-20,25H,2,5,14-18,21H2,(H,43,44). The van der Waals surface area contributed by atoms with E-state index in [-0.39, 0.29) is 29.7 Å². The number of aromatic carboxylic acids is 1. The second kappa shape index (κ2) is 12.8. The summed E-state index contributed by atoms with van der Waals surface area (Å²) in [6.07, 6.45) is 3.13. The summed E-state index contributed by atoms with van der Waals surface area (Å²) < 4.78 is 24.2. The first-order valence-electron chi connectivity index (χ1n) is 15.3. The van der Waals surface area contributed by atoms with Crippen LogP contribution in [-0.2, 0) is 11.4 Å². The van der Waals surface area contributed by atoms with Gasteiger partial charge in [0.1, 0.15) is 29.5 Å². The molecule has 2 fully saturated rings. The summed E-state index contributed by atoms with van der Waals surface area (Å²) in [5.41, 5.74) is 4.96. The molecule has 7 rings (SSSR count). The normalized spacial score (nSPS) is 15.5. The van der Waals surface area contributed by atoms with Crippen LogP contribution in [0.5, 0.6) is 5.75 Å². The molecular weight excluding hydrogens is 625 g/mol. The van der Waals surface area contributed by atoms with Gasteiger partial charge in [0, 0.05) is 35.8 Å². The molecular formula is C36H31ClFN3O4S. The number of rotatable bonds is 8. The van der Waals surface area contributed by atoms with Gasteiger partial charge in [0.15, 0.2) is 0 Å². The SMILES string of the molecule is O=C(O)c1cccc2c1nc(-c1ccc(OCc3cc(N4CCCC4=O)ccc3-c3ccc(Cl)cc3)cc1F)n2C1CCSCC1. The zero-order chi connectivity index (χ0) is 31.8. The van der Waals surface area contributed by atoms with E-state index in [2.05, 4.69) is 0 Å². The summed E-state index contributed by atoms with van der Waals surface area (Å²) in [6.45, 7) is 0.817. The van der Waals surface area contributed by atoms with Gasteiger partial charge >= 0.3 is 5.97 Å². The van der Waals surface area contributed by atoms with Crippen LogP contribution < -0.4 is 9.64 Å². The summed E-state index contributed by atoms with van der Waals surface area (Å²) in [5, 5.41) is 10.5. The van der Waals surface area contributed by atoms with E-state index in [1.54, 1.807) is 23.1 Å². The van der Waals surface area contributed by atoms with Crippen LogP contribution in [0.2, 0.25) is 5.02 Å². The Morgan fingerprint density at radius 2 is 1.80 bits per heavy atom. The zero-order valence-corrected chi connectivity index (χ0v) is 26.5. The van der Waals surface area contributed by atoms with Gasteiger partial charge in [-0.3, -0.25) is 4.79 Å². The lowest BCUT2D eigenvalue weighted by Crippen LogP contribution is -2.23. The zero-order valence-electron chi connectivity index (χ0n) is 24.9. The van der Waals surface area contributed by atoms with Crippen LogP contribution in [0.1, 0.15) is 47.6 Å². The van der Waals surface area contributed by atoms with E-state index >= 15 is 4.39 Å². The number of anilines is 1. The summed E-state index contributed by atoms with van der Waals surface area (Å²) in [5.74, 6) is 1.22. The lowest BCUT2D eigenvalue weighted by atomic mass is 9.99. The fourth-order valence-electron chi connectivity index (χ4n) is 6.42. The van der Waals surface area contributed by atoms with E-state index in [4.69, 9.17) is 21.3 Å². The highest BCUT2D eigenvalue weighted by molar-refractivity contribution is 7.99. The Bertz CT molecular complexity index is 1960. The first-order chi connectivity index (χ1) is 22.4. The average Bonchev–Trinajstić information content (AvgIpc) is 3.68. The van der Waals surface area contributed by atoms with Gasteiger partial charge in [0.05, 0.1) is 16.6 Å². The fraction of sp³-hybridized carbons (Fsp3) is 0.250. The maximum atomic E-state index is 16.0. The summed E-state index contributed by atoms with van der Waals surface area (Å²) in [6, 6.07) is 23.3. The Hall–Kier alpha value is -4.34. The van der Waals surface area contributed by atoms with Crippen molar-refractivity contribution < 1.29 is 23.8 Å². The van der Waals surface area contributed by atoms with E-state index in [9.17, 15) is 14.7 Å². The molecule has 0 atom stereocenters. The summed E-state index contributed by atoms with van der Waals surface area (Å²) in [7, 11) is 0. The Labute approximate surface area is 275 Å². The van der Waals surface area contributed by atoms with Crippen LogP contribution >= 0.6 is 23.4 Å². The number of amides is 1. The van der Waals surface area contributed by atoms with Crippen LogP contribution in [0.25, 0.3) is 33.5 Å². The number of para-hydroxylation sites is 1. The fourth-order valence-corrected chi connectivity index (χ4v) is 7.63. The van der Waals surface area contributed by atoms with E-state index < -0.39 is 11.8 Å². The molecule has 46 heavy (non-hydrogen) atoms. The molecule has 0 radical (unpaired) electrons. The Morgan fingerprint density at radius 1 is 1.02 bits per heavy atom. The third-order valence-electron chi connectivity index (χ3n) is 8.71. The number of carboxylic acid groups (broad SMARTS) is 1. The number of carbonyl (C=O) groups excluding carboxylic acids is 1. The molecule has 7 nitrogen and oxygen atoms in total. The number of imidazole rings is 1. The lowest BCUT2D eigenvalue weighted by Gasteiger charge is -2.25. The third kappa shape index (κ3) is 5.85. The molecule has 0 unspecified atom stereocenters. The van der Waals surface area contributed by atoms with Gasteiger partial charge in [-0.15, -0.1) is 0 Å². The first-order valence-corrected chi connectivity index (χ1v) is 16.8. The van der Waals surface area contributed by atoms with Crippen molar-refractivity contribution >= 4 is 52.0 Å². The van der Waals surface area contributed by atoms with E-state index in [1.807, 2.05) is 64.9 Å². The topological polar surface area (TPSA) is 84.7 Å². The quantitative estimate of drug-likeness (QED) is 0.180. The molecule has 234 valence electrons. The molecule has 2 saturated heterocycles. The predicted octanol–water partition coefficient (Wildman–Crippen LogP) is 8.63. The molecule has 2 aliphatic rings. The summed E-state index contributed by atoms with van der Waals surface area (Å²) >= 11 is 8.02. The molecule has 3 heterocycles. The maximum Gasteiger partial charge on any atom is 0.337 e. The number of nitrogens with zero attached hydrogens (tertiary/aromatic N) is 3. The Balaban J connectivity index is 1.22. The molecule has 5 aromatic rings. The third-order valence-corrected chi connectivity index (χ3v) is 10.0. The highest BCUT2D eigenvalue weighted by Crippen LogP contribution is 2.38. The molecule has 10 heteroatoms. The Morgan fingerprint density at radius 3 is 2.52 bits per heavy atom. The van der Waals surface area contributed by atoms with Crippen LogP contribution in [0, 0.1) is 5.82 Å². The number of halogens is 2. The molecule has 1 aromatic heterocycles. The predicted molar refractivity (Wildman–Crippen MR) is 180 cm³/mol. The van der Waals surface area contributed by atoms with Crippen molar-refractivity contribution in [1.82, 2.24) is 9.55 Å². The van der Waals surface area contributed by atoms with E-state index in [0.717, 1.165) is 53.1 Å². The van der Waals surface area contributed by atoms with Gasteiger partial charge in [-0.2, -0.15) is 11.8 Å². The van der Waals surface area contributed by atoms with E-state index in [1.165, 1.54) is 12.1 Å². The van der Waals surface area contributed by atoms with Crippen LogP contribution in [0.4, 0.5) is 10.1 Å². The van der Waals surface area contributed by atoms with Gasteiger partial charge in [-0.05, 0) is 96.0 Å². The van der Waals surface area contributed by atoms with Crippen molar-refractivity contribution in [2.24, 2.45) is 0 Å². The van der Waals surface area contributed by atoms with Gasteiger partial charge < -0.3 is 19.3 Å². The minimum Gasteiger partial charge on any atom is -0.489 e. The molecule has 0 aliphatic carbocycles. The number of hydrogen-bond acceptors (Lipinski definition) is 5. The van der Waals surface area contributed by atoms with Crippen molar-refractivity contribution in [3.8, 4) is 28.3 Å². The average molecular weight is 656 g/mol. The van der Waals surface area contributed by atoms with Crippen LogP contribution in [0.15, 0.2) is 78.9 Å². The first kappa shape index (κ1) is 30.3. The van der Waals surface area contributed by atoms with Gasteiger partial charge in [-0.1, -0.05) is 35.9 Å². The number of aromatic nitrogens is 2. The minimum atomic E-state index is -1.07. The molecule has 0 bridgehead atoms. The number of hydrogen-bond donors (Lipinski definition) is 1. The molecule has 1 N–H and O–H groups in total. The largest absolute Gasteiger partial charge is 0.489 e. The maximum absolute atomic E-state index is 16.0. The number of carboxylic acids is 1. The van der Waals surface area contributed by atoms with Gasteiger partial charge in [0.25, 0.3) is 0 Å². The van der Waals surface area contributed by atoms with Crippen molar-refractivity contribution in [2.45, 2.75) is 38.3 Å². The highest BCUT2D eigenvalue weighted by atomic mass is 35.5. The van der Waals surface area contributed by atoms with Crippen LogP contribution in [0.3, 0.4) is 0 Å². The smallest absolute Gasteiger partial charge is 0.337 e. The molecule has 1 amide bonds. The lowest BCUT2D eigenvalue weighted by molar-refractivity contribution is -0.117. The van der Waals surface area contributed by atoms with Crippen molar-refractivity contribution in [3.63, 3.8) is 0 Å². The molecule has 4 aromatic carbocycles. The molecule has 2 aliphatic heterocycles. The van der Waals surface area contributed by atoms with Crippen molar-refractivity contribution in [2.75, 3.05) is 23.0 Å². The molecule has 0 spiro atoms.